The Morgan fingerprint density at radius 2 is 2.18 bits per heavy atom. The molecule has 0 aliphatic carbocycles. The van der Waals surface area contributed by atoms with Crippen molar-refractivity contribution in [3.05, 3.63) is 30.9 Å². The molecule has 2 unspecified atom stereocenters. The Morgan fingerprint density at radius 3 is 2.89 bits per heavy atom. The molecule has 28 heavy (non-hydrogen) atoms. The van der Waals surface area contributed by atoms with Crippen molar-refractivity contribution in [1.29, 1.82) is 0 Å². The van der Waals surface area contributed by atoms with Gasteiger partial charge in [-0.15, -0.1) is 0 Å². The Balaban J connectivity index is 1.64. The molecule has 6 N–H and O–H groups in total. The monoisotopic (exact) mass is 391 g/mol. The zero-order valence-corrected chi connectivity index (χ0v) is 14.8. The summed E-state index contributed by atoms with van der Waals surface area (Å²) >= 11 is 0. The number of ether oxygens (including phenoxy) is 2. The third-order valence-electron chi connectivity index (χ3n) is 4.85. The molecular weight excluding hydrogens is 370 g/mol. The third kappa shape index (κ3) is 3.00. The Kier molecular flexibility index (Phi) is 4.95. The van der Waals surface area contributed by atoms with Gasteiger partial charge in [0.25, 0.3) is 0 Å². The Morgan fingerprint density at radius 1 is 1.32 bits per heavy atom. The molecule has 12 nitrogen and oxygen atoms in total. The van der Waals surface area contributed by atoms with Crippen LogP contribution in [0.2, 0.25) is 0 Å². The summed E-state index contributed by atoms with van der Waals surface area (Å²) in [6, 6.07) is 0. The van der Waals surface area contributed by atoms with Crippen molar-refractivity contribution >= 4 is 17.0 Å². The summed E-state index contributed by atoms with van der Waals surface area (Å²) < 4.78 is 13.1. The predicted octanol–water partition coefficient (Wildman–Crippen LogP) is -1.84. The number of aliphatic hydroxyl groups is 3. The van der Waals surface area contributed by atoms with E-state index in [4.69, 9.17) is 15.2 Å². The number of nitrogens with one attached hydrogen (secondary N) is 1. The molecule has 1 saturated heterocycles. The topological polar surface area (TPSA) is 177 Å². The lowest BCUT2D eigenvalue weighted by Gasteiger charge is -2.33. The fraction of sp³-hybridized carbons (Fsp3) is 0.500. The van der Waals surface area contributed by atoms with Crippen molar-refractivity contribution in [2.24, 2.45) is 0 Å². The maximum absolute atomic E-state index is 10.8. The largest absolute Gasteiger partial charge is 0.394 e. The second-order valence-corrected chi connectivity index (χ2v) is 6.54. The van der Waals surface area contributed by atoms with E-state index in [-0.39, 0.29) is 12.4 Å². The minimum absolute atomic E-state index is 0.120. The molecule has 1 aliphatic heterocycles. The second kappa shape index (κ2) is 7.41. The van der Waals surface area contributed by atoms with Crippen LogP contribution in [0.3, 0.4) is 0 Å². The summed E-state index contributed by atoms with van der Waals surface area (Å²) in [5.41, 5.74) is 5.83. The number of aromatic amines is 1. The van der Waals surface area contributed by atoms with Gasteiger partial charge in [-0.3, -0.25) is 4.57 Å². The standard InChI is InChI=1S/C16H21N7O5/c17-14-11-15(21-7-20-14)23(8-22-11)16(13(26)12(25)10(4-24)28-16)5-27-2-1-9-3-18-6-19-9/h3,6-8,10,12-13,24-26H,1-2,4-5H2,(H,18,19)(H2,17,20,21)/t10-,12?,13?,16-/m1/s1. The van der Waals surface area contributed by atoms with Crippen molar-refractivity contribution in [1.82, 2.24) is 29.5 Å². The van der Waals surface area contributed by atoms with Crippen molar-refractivity contribution < 1.29 is 24.8 Å². The summed E-state index contributed by atoms with van der Waals surface area (Å²) in [7, 11) is 0. The number of hydrogen-bond donors (Lipinski definition) is 5. The van der Waals surface area contributed by atoms with Crippen molar-refractivity contribution in [2.75, 3.05) is 25.6 Å². The first-order chi connectivity index (χ1) is 13.6. The van der Waals surface area contributed by atoms with E-state index in [1.165, 1.54) is 17.2 Å². The number of nitrogen functional groups attached to an aromatic ring is 1. The molecule has 4 rings (SSSR count). The van der Waals surface area contributed by atoms with E-state index in [2.05, 4.69) is 24.9 Å². The fourth-order valence-corrected chi connectivity index (χ4v) is 3.36. The maximum atomic E-state index is 10.8. The van der Waals surface area contributed by atoms with Gasteiger partial charge >= 0.3 is 0 Å². The van der Waals surface area contributed by atoms with Gasteiger partial charge in [-0.2, -0.15) is 0 Å². The number of aromatic nitrogens is 6. The summed E-state index contributed by atoms with van der Waals surface area (Å²) in [6.07, 6.45) is 2.77. The zero-order valence-electron chi connectivity index (χ0n) is 14.8. The van der Waals surface area contributed by atoms with E-state index in [1.54, 1.807) is 12.5 Å². The molecule has 0 saturated carbocycles. The fourth-order valence-electron chi connectivity index (χ4n) is 3.36. The number of hydrogen-bond acceptors (Lipinski definition) is 10. The number of rotatable bonds is 7. The van der Waals surface area contributed by atoms with Crippen molar-refractivity contribution in [3.63, 3.8) is 0 Å². The van der Waals surface area contributed by atoms with Crippen LogP contribution in [0.4, 0.5) is 5.82 Å². The molecule has 0 bridgehead atoms. The van der Waals surface area contributed by atoms with E-state index in [9.17, 15) is 15.3 Å². The van der Waals surface area contributed by atoms with Gasteiger partial charge in [-0.25, -0.2) is 19.9 Å². The SMILES string of the molecule is Nc1ncnc2c1ncn2[C@]1(COCCc2cnc[nH]2)O[C@H](CO)C(O)C1O. The van der Waals surface area contributed by atoms with E-state index < -0.39 is 30.6 Å². The molecular formula is C16H21N7O5. The zero-order chi connectivity index (χ0) is 19.7. The van der Waals surface area contributed by atoms with Gasteiger partial charge < -0.3 is 35.5 Å². The molecule has 4 atom stereocenters. The van der Waals surface area contributed by atoms with Gasteiger partial charge in [0, 0.05) is 18.3 Å². The van der Waals surface area contributed by atoms with Crippen molar-refractivity contribution in [3.8, 4) is 0 Å². The lowest BCUT2D eigenvalue weighted by Crippen LogP contribution is -2.49. The lowest BCUT2D eigenvalue weighted by molar-refractivity contribution is -0.180. The van der Waals surface area contributed by atoms with Gasteiger partial charge in [0.15, 0.2) is 17.2 Å². The molecule has 0 amide bonds. The molecule has 1 aliphatic rings. The number of anilines is 1. The average molecular weight is 391 g/mol. The molecule has 3 aromatic heterocycles. The van der Waals surface area contributed by atoms with Crippen LogP contribution >= 0.6 is 0 Å². The summed E-state index contributed by atoms with van der Waals surface area (Å²) in [5, 5.41) is 30.6. The lowest BCUT2D eigenvalue weighted by atomic mass is 10.0. The van der Waals surface area contributed by atoms with E-state index in [1.807, 2.05) is 0 Å². The molecule has 3 aromatic rings. The smallest absolute Gasteiger partial charge is 0.200 e. The Labute approximate surface area is 159 Å². The molecule has 150 valence electrons. The van der Waals surface area contributed by atoms with Crippen LogP contribution in [0.1, 0.15) is 5.69 Å². The maximum Gasteiger partial charge on any atom is 0.200 e. The summed E-state index contributed by atoms with van der Waals surface area (Å²) in [6.45, 7) is -0.285. The molecule has 1 fully saturated rings. The van der Waals surface area contributed by atoms with Gasteiger partial charge in [-0.05, 0) is 0 Å². The van der Waals surface area contributed by atoms with Crippen LogP contribution in [-0.4, -0.2) is 82.9 Å². The highest BCUT2D eigenvalue weighted by molar-refractivity contribution is 5.81. The van der Waals surface area contributed by atoms with Crippen molar-refractivity contribution in [2.45, 2.75) is 30.5 Å². The van der Waals surface area contributed by atoms with E-state index in [0.717, 1.165) is 5.69 Å². The van der Waals surface area contributed by atoms with Gasteiger partial charge in [-0.1, -0.05) is 0 Å². The molecule has 0 aromatic carbocycles. The van der Waals surface area contributed by atoms with Crippen LogP contribution in [0, 0.1) is 0 Å². The van der Waals surface area contributed by atoms with Gasteiger partial charge in [0.05, 0.1) is 32.5 Å². The van der Waals surface area contributed by atoms with Crippen LogP contribution in [0.5, 0.6) is 0 Å². The normalized spacial score (nSPS) is 27.6. The molecule has 0 radical (unpaired) electrons. The minimum Gasteiger partial charge on any atom is -0.394 e. The number of nitrogens with zero attached hydrogens (tertiary/aromatic N) is 5. The molecule has 0 spiro atoms. The summed E-state index contributed by atoms with van der Waals surface area (Å²) in [5.74, 6) is 0.172. The predicted molar refractivity (Wildman–Crippen MR) is 94.8 cm³/mol. The summed E-state index contributed by atoms with van der Waals surface area (Å²) in [4.78, 5) is 19.2. The van der Waals surface area contributed by atoms with Crippen LogP contribution in [-0.2, 0) is 21.6 Å². The first kappa shape index (κ1) is 18.7. The minimum atomic E-state index is -1.55. The Bertz CT molecular complexity index is 933. The number of imidazole rings is 2. The van der Waals surface area contributed by atoms with E-state index in [0.29, 0.717) is 24.2 Å². The highest BCUT2D eigenvalue weighted by Crippen LogP contribution is 2.38. The number of aliphatic hydroxyl groups excluding tert-OH is 3. The quantitative estimate of drug-likeness (QED) is 0.287. The second-order valence-electron chi connectivity index (χ2n) is 6.54. The van der Waals surface area contributed by atoms with Crippen LogP contribution in [0.25, 0.3) is 11.2 Å². The first-order valence-electron chi connectivity index (χ1n) is 8.70. The molecule has 12 heteroatoms. The average Bonchev–Trinajstić information content (AvgIpc) is 3.41. The van der Waals surface area contributed by atoms with Gasteiger partial charge in [0.1, 0.15) is 30.2 Å². The first-order valence-corrected chi connectivity index (χ1v) is 8.70. The van der Waals surface area contributed by atoms with Crippen LogP contribution < -0.4 is 5.73 Å². The third-order valence-corrected chi connectivity index (χ3v) is 4.85. The molecule has 4 heterocycles. The highest BCUT2D eigenvalue weighted by Gasteiger charge is 2.56. The van der Waals surface area contributed by atoms with Crippen LogP contribution in [0.15, 0.2) is 25.2 Å². The number of nitrogens with two attached hydrogens (primary N) is 1. The number of fused-ring (bicyclic) bond motifs is 1. The highest BCUT2D eigenvalue weighted by atomic mass is 16.6. The number of H-pyrrole nitrogens is 1. The van der Waals surface area contributed by atoms with E-state index >= 15 is 0 Å². The van der Waals surface area contributed by atoms with Gasteiger partial charge in [0.2, 0.25) is 0 Å². The Hall–Kier alpha value is -2.64.